The van der Waals surface area contributed by atoms with E-state index in [-0.39, 0.29) is 11.1 Å². The molecule has 22 heavy (non-hydrogen) atoms. The van der Waals surface area contributed by atoms with E-state index in [2.05, 4.69) is 20.8 Å². The average Bonchev–Trinajstić information content (AvgIpc) is 2.36. The van der Waals surface area contributed by atoms with Crippen LogP contribution >= 0.6 is 0 Å². The van der Waals surface area contributed by atoms with Gasteiger partial charge in [-0.05, 0) is 16.5 Å². The molecule has 2 rings (SSSR count). The molecule has 0 saturated carbocycles. The molecule has 2 aromatic carbocycles. The van der Waals surface area contributed by atoms with Crippen LogP contribution in [0.25, 0.3) is 0 Å². The van der Waals surface area contributed by atoms with Gasteiger partial charge < -0.3 is 4.90 Å². The van der Waals surface area contributed by atoms with Gasteiger partial charge in [-0.25, -0.2) is 13.2 Å². The molecule has 0 saturated heterocycles. The zero-order chi connectivity index (χ0) is 16.5. The quantitative estimate of drug-likeness (QED) is 0.768. The van der Waals surface area contributed by atoms with Gasteiger partial charge in [-0.2, -0.15) is 0 Å². The van der Waals surface area contributed by atoms with Crippen molar-refractivity contribution in [2.45, 2.75) is 32.7 Å². The van der Waals surface area contributed by atoms with Gasteiger partial charge >= 0.3 is 0 Å². The second-order valence-electron chi connectivity index (χ2n) is 6.52. The molecular formula is C18H20F3N. The lowest BCUT2D eigenvalue weighted by atomic mass is 9.86. The predicted molar refractivity (Wildman–Crippen MR) is 83.6 cm³/mol. The van der Waals surface area contributed by atoms with Gasteiger partial charge in [0.1, 0.15) is 11.5 Å². The first kappa shape index (κ1) is 16.4. The predicted octanol–water partition coefficient (Wildman–Crippen LogP) is 5.04. The first-order valence-electron chi connectivity index (χ1n) is 7.13. The van der Waals surface area contributed by atoms with Gasteiger partial charge in [0.15, 0.2) is 11.6 Å². The molecule has 0 radical (unpaired) electrons. The fraction of sp³-hybridized carbons (Fsp3) is 0.333. The summed E-state index contributed by atoms with van der Waals surface area (Å²) in [5.74, 6) is -2.71. The Balaban J connectivity index is 2.28. The van der Waals surface area contributed by atoms with Gasteiger partial charge in [0.2, 0.25) is 0 Å². The van der Waals surface area contributed by atoms with Gasteiger partial charge in [-0.3, -0.25) is 0 Å². The summed E-state index contributed by atoms with van der Waals surface area (Å²) in [5.41, 5.74) is 1.88. The zero-order valence-electron chi connectivity index (χ0n) is 13.3. The summed E-state index contributed by atoms with van der Waals surface area (Å²) in [6, 6.07) is 9.28. The van der Waals surface area contributed by atoms with E-state index in [0.29, 0.717) is 18.7 Å². The second-order valence-corrected chi connectivity index (χ2v) is 6.52. The van der Waals surface area contributed by atoms with E-state index < -0.39 is 17.5 Å². The molecule has 0 aromatic heterocycles. The summed E-state index contributed by atoms with van der Waals surface area (Å²) < 4.78 is 40.6. The van der Waals surface area contributed by atoms with E-state index in [4.69, 9.17) is 0 Å². The van der Waals surface area contributed by atoms with Gasteiger partial charge in [0, 0.05) is 25.7 Å². The minimum atomic E-state index is -0.915. The van der Waals surface area contributed by atoms with E-state index in [1.807, 2.05) is 24.3 Å². The Morgan fingerprint density at radius 3 is 2.09 bits per heavy atom. The van der Waals surface area contributed by atoms with E-state index in [0.717, 1.165) is 11.1 Å². The topological polar surface area (TPSA) is 3.24 Å². The van der Waals surface area contributed by atoms with Crippen molar-refractivity contribution in [3.05, 3.63) is 65.0 Å². The third-order valence-corrected chi connectivity index (χ3v) is 3.58. The molecule has 0 aliphatic rings. The van der Waals surface area contributed by atoms with Crippen LogP contribution in [0.15, 0.2) is 36.4 Å². The molecule has 1 nitrogen and oxygen atoms in total. The Hall–Kier alpha value is -1.97. The summed E-state index contributed by atoms with van der Waals surface area (Å²) in [4.78, 5) is 1.45. The third-order valence-electron chi connectivity index (χ3n) is 3.58. The highest BCUT2D eigenvalue weighted by Gasteiger charge is 2.17. The number of hydrogen-bond donors (Lipinski definition) is 0. The second kappa shape index (κ2) is 6.03. The molecule has 0 amide bonds. The number of halogens is 3. The highest BCUT2D eigenvalue weighted by atomic mass is 19.1. The molecular weight excluding hydrogens is 287 g/mol. The number of anilines is 1. The standard InChI is InChI=1S/C18H20F3N/c1-18(2,3)13-7-5-6-12(8-13)11-22(4)17-15(20)9-14(19)10-16(17)21/h5-10H,11H2,1-4H3. The van der Waals surface area contributed by atoms with Crippen molar-refractivity contribution in [1.29, 1.82) is 0 Å². The van der Waals surface area contributed by atoms with Crippen molar-refractivity contribution < 1.29 is 13.2 Å². The molecule has 118 valence electrons. The van der Waals surface area contributed by atoms with Crippen molar-refractivity contribution >= 4 is 5.69 Å². The van der Waals surface area contributed by atoms with Gasteiger partial charge in [-0.1, -0.05) is 45.0 Å². The molecule has 0 unspecified atom stereocenters. The lowest BCUT2D eigenvalue weighted by Gasteiger charge is -2.23. The molecule has 0 atom stereocenters. The molecule has 0 bridgehead atoms. The highest BCUT2D eigenvalue weighted by molar-refractivity contribution is 5.49. The molecule has 0 N–H and O–H groups in total. The van der Waals surface area contributed by atoms with Crippen molar-refractivity contribution in [3.8, 4) is 0 Å². The molecule has 4 heteroatoms. The van der Waals surface area contributed by atoms with Crippen molar-refractivity contribution in [2.24, 2.45) is 0 Å². The van der Waals surface area contributed by atoms with E-state index >= 15 is 0 Å². The van der Waals surface area contributed by atoms with Crippen molar-refractivity contribution in [3.63, 3.8) is 0 Å². The Morgan fingerprint density at radius 1 is 0.955 bits per heavy atom. The van der Waals surface area contributed by atoms with Gasteiger partial charge in [0.25, 0.3) is 0 Å². The van der Waals surface area contributed by atoms with Crippen LogP contribution in [0.2, 0.25) is 0 Å². The molecule has 0 fully saturated rings. The third kappa shape index (κ3) is 3.62. The molecule has 0 aliphatic heterocycles. The fourth-order valence-corrected chi connectivity index (χ4v) is 2.39. The Morgan fingerprint density at radius 2 is 1.55 bits per heavy atom. The number of hydrogen-bond acceptors (Lipinski definition) is 1. The van der Waals surface area contributed by atoms with E-state index in [1.54, 1.807) is 7.05 Å². The molecule has 0 heterocycles. The van der Waals surface area contributed by atoms with Crippen LogP contribution in [0.5, 0.6) is 0 Å². The molecule has 0 spiro atoms. The maximum atomic E-state index is 13.8. The molecule has 2 aromatic rings. The van der Waals surface area contributed by atoms with Crippen molar-refractivity contribution in [2.75, 3.05) is 11.9 Å². The van der Waals surface area contributed by atoms with E-state index in [1.165, 1.54) is 4.90 Å². The summed E-state index contributed by atoms with van der Waals surface area (Å²) >= 11 is 0. The fourth-order valence-electron chi connectivity index (χ4n) is 2.39. The summed E-state index contributed by atoms with van der Waals surface area (Å²) in [6.07, 6.45) is 0. The van der Waals surface area contributed by atoms with Crippen LogP contribution < -0.4 is 4.90 Å². The first-order chi connectivity index (χ1) is 10.2. The van der Waals surface area contributed by atoms with Crippen LogP contribution in [0.4, 0.5) is 18.9 Å². The number of rotatable bonds is 3. The minimum absolute atomic E-state index is 0.000949. The van der Waals surface area contributed by atoms with Crippen molar-refractivity contribution in [1.82, 2.24) is 0 Å². The highest BCUT2D eigenvalue weighted by Crippen LogP contribution is 2.27. The lowest BCUT2D eigenvalue weighted by Crippen LogP contribution is -2.20. The first-order valence-corrected chi connectivity index (χ1v) is 7.13. The maximum Gasteiger partial charge on any atom is 0.152 e. The lowest BCUT2D eigenvalue weighted by molar-refractivity contribution is 0.540. The monoisotopic (exact) mass is 307 g/mol. The van der Waals surface area contributed by atoms with Crippen LogP contribution in [-0.2, 0) is 12.0 Å². The summed E-state index contributed by atoms with van der Waals surface area (Å²) in [6.45, 7) is 6.66. The normalized spacial score (nSPS) is 11.6. The zero-order valence-corrected chi connectivity index (χ0v) is 13.3. The summed E-state index contributed by atoms with van der Waals surface area (Å²) in [5, 5.41) is 0. The SMILES string of the molecule is CN(Cc1cccc(C(C)(C)C)c1)c1c(F)cc(F)cc1F. The minimum Gasteiger partial charge on any atom is -0.366 e. The smallest absolute Gasteiger partial charge is 0.152 e. The van der Waals surface area contributed by atoms with Crippen LogP contribution in [0.3, 0.4) is 0 Å². The summed E-state index contributed by atoms with van der Waals surface area (Å²) in [7, 11) is 1.59. The van der Waals surface area contributed by atoms with Gasteiger partial charge in [-0.15, -0.1) is 0 Å². The maximum absolute atomic E-state index is 13.8. The largest absolute Gasteiger partial charge is 0.366 e. The van der Waals surface area contributed by atoms with Gasteiger partial charge in [0.05, 0.1) is 0 Å². The Kier molecular flexibility index (Phi) is 4.50. The van der Waals surface area contributed by atoms with Crippen LogP contribution in [0, 0.1) is 17.5 Å². The van der Waals surface area contributed by atoms with E-state index in [9.17, 15) is 13.2 Å². The Bertz CT molecular complexity index is 651. The number of nitrogens with zero attached hydrogens (tertiary/aromatic N) is 1. The number of benzene rings is 2. The Labute approximate surface area is 129 Å². The molecule has 0 aliphatic carbocycles. The van der Waals surface area contributed by atoms with Crippen LogP contribution in [0.1, 0.15) is 31.9 Å². The van der Waals surface area contributed by atoms with Crippen LogP contribution in [-0.4, -0.2) is 7.05 Å². The average molecular weight is 307 g/mol.